The van der Waals surface area contributed by atoms with Crippen molar-refractivity contribution in [2.45, 2.75) is 51.4 Å². The third-order valence-electron chi connectivity index (χ3n) is 3.55. The van der Waals surface area contributed by atoms with Crippen LogP contribution in [0.5, 0.6) is 0 Å². The lowest BCUT2D eigenvalue weighted by Gasteiger charge is -2.06. The van der Waals surface area contributed by atoms with Crippen molar-refractivity contribution < 1.29 is 4.21 Å². The molecule has 0 fully saturated rings. The lowest BCUT2D eigenvalue weighted by molar-refractivity contribution is 0.690. The van der Waals surface area contributed by atoms with Gasteiger partial charge in [-0.3, -0.25) is 4.21 Å². The van der Waals surface area contributed by atoms with Crippen molar-refractivity contribution in [1.82, 2.24) is 0 Å². The van der Waals surface area contributed by atoms with E-state index in [2.05, 4.69) is 29.7 Å². The molecule has 0 bridgehead atoms. The normalized spacial score (nSPS) is 19.6. The molecular weight excluding hydrogens is 264 g/mol. The summed E-state index contributed by atoms with van der Waals surface area (Å²) in [5.74, 6) is 6.58. The maximum Gasteiger partial charge on any atom is 0.0897 e. The highest BCUT2D eigenvalue weighted by Crippen LogP contribution is 2.17. The minimum atomic E-state index is -1.02. The van der Waals surface area contributed by atoms with E-state index in [1.807, 2.05) is 6.08 Å². The summed E-state index contributed by atoms with van der Waals surface area (Å²) in [6, 6.07) is 0. The second kappa shape index (κ2) is 8.80. The zero-order valence-corrected chi connectivity index (χ0v) is 12.8. The summed E-state index contributed by atoms with van der Waals surface area (Å²) in [5.41, 5.74) is 5.59. The van der Waals surface area contributed by atoms with Gasteiger partial charge in [-0.25, -0.2) is 0 Å². The smallest absolute Gasteiger partial charge is 0.0897 e. The molecule has 0 radical (unpaired) electrons. The lowest BCUT2D eigenvalue weighted by Crippen LogP contribution is -1.91. The molecule has 1 nitrogen and oxygen atoms in total. The van der Waals surface area contributed by atoms with Crippen LogP contribution in [0.25, 0.3) is 0 Å². The SMILES string of the molecule is O=S(C=C=CC1=CCCCC1)CC#CC1=CCCCC1. The first kappa shape index (κ1) is 15.1. The molecule has 2 aliphatic rings. The molecular formula is C18H22OS. The summed E-state index contributed by atoms with van der Waals surface area (Å²) in [5, 5.41) is 1.64. The highest BCUT2D eigenvalue weighted by Gasteiger charge is 2.00. The number of rotatable bonds is 3. The van der Waals surface area contributed by atoms with Gasteiger partial charge in [-0.2, -0.15) is 0 Å². The van der Waals surface area contributed by atoms with Crippen LogP contribution < -0.4 is 0 Å². The van der Waals surface area contributed by atoms with Crippen LogP contribution >= 0.6 is 0 Å². The van der Waals surface area contributed by atoms with E-state index in [9.17, 15) is 4.21 Å². The Bertz CT molecular complexity index is 534. The molecule has 2 heteroatoms. The number of allylic oxidation sites excluding steroid dienone is 5. The summed E-state index contributed by atoms with van der Waals surface area (Å²) >= 11 is 0. The maximum atomic E-state index is 11.8. The van der Waals surface area contributed by atoms with Gasteiger partial charge in [0, 0.05) is 5.41 Å². The van der Waals surface area contributed by atoms with E-state index in [-0.39, 0.29) is 0 Å². The highest BCUT2D eigenvalue weighted by atomic mass is 32.2. The Morgan fingerprint density at radius 1 is 1.10 bits per heavy atom. The topological polar surface area (TPSA) is 17.1 Å². The van der Waals surface area contributed by atoms with Crippen molar-refractivity contribution >= 4 is 10.8 Å². The third kappa shape index (κ3) is 5.78. The fourth-order valence-corrected chi connectivity index (χ4v) is 2.94. The lowest BCUT2D eigenvalue weighted by atomic mass is 10.00. The zero-order chi connectivity index (χ0) is 14.0. The van der Waals surface area contributed by atoms with Gasteiger partial charge in [0.25, 0.3) is 0 Å². The van der Waals surface area contributed by atoms with Crippen molar-refractivity contribution in [2.24, 2.45) is 0 Å². The number of hydrogen-bond donors (Lipinski definition) is 0. The third-order valence-corrected chi connectivity index (χ3v) is 4.38. The van der Waals surface area contributed by atoms with Gasteiger partial charge >= 0.3 is 0 Å². The standard InChI is InChI=1S/C18H22OS/c19-20(15-7-13-17-9-3-1-4-10-17)16-8-14-18-11-5-2-6-12-18/h9,11,13,15H,1-6,10,12,16H2. The Morgan fingerprint density at radius 2 is 1.90 bits per heavy atom. The average Bonchev–Trinajstić information content (AvgIpc) is 2.49. The first-order valence-corrected chi connectivity index (χ1v) is 8.89. The minimum absolute atomic E-state index is 0.414. The Kier molecular flexibility index (Phi) is 6.64. The first-order valence-electron chi connectivity index (χ1n) is 7.51. The molecule has 20 heavy (non-hydrogen) atoms. The monoisotopic (exact) mass is 286 g/mol. The van der Waals surface area contributed by atoms with E-state index >= 15 is 0 Å². The molecule has 1 unspecified atom stereocenters. The van der Waals surface area contributed by atoms with Crippen molar-refractivity contribution in [1.29, 1.82) is 0 Å². The minimum Gasteiger partial charge on any atom is -0.253 e. The van der Waals surface area contributed by atoms with Crippen LogP contribution in [0.1, 0.15) is 51.4 Å². The molecule has 0 heterocycles. The van der Waals surface area contributed by atoms with Crippen LogP contribution in [0.4, 0.5) is 0 Å². The Morgan fingerprint density at radius 3 is 2.60 bits per heavy atom. The van der Waals surface area contributed by atoms with Crippen molar-refractivity contribution in [3.05, 3.63) is 40.5 Å². The second-order valence-corrected chi connectivity index (χ2v) is 6.54. The van der Waals surface area contributed by atoms with Gasteiger partial charge in [-0.05, 0) is 68.6 Å². The molecule has 0 spiro atoms. The van der Waals surface area contributed by atoms with Gasteiger partial charge < -0.3 is 0 Å². The molecule has 2 aliphatic carbocycles. The molecule has 0 N–H and O–H groups in total. The van der Waals surface area contributed by atoms with Crippen molar-refractivity contribution in [2.75, 3.05) is 5.75 Å². The van der Waals surface area contributed by atoms with E-state index in [0.717, 1.165) is 25.7 Å². The summed E-state index contributed by atoms with van der Waals surface area (Å²) in [7, 11) is -1.02. The molecule has 0 aromatic heterocycles. The molecule has 0 saturated heterocycles. The molecule has 0 aromatic rings. The predicted molar refractivity (Wildman–Crippen MR) is 86.5 cm³/mol. The average molecular weight is 286 g/mol. The maximum absolute atomic E-state index is 11.8. The molecule has 0 aromatic carbocycles. The summed E-state index contributed by atoms with van der Waals surface area (Å²) in [6.07, 6.45) is 16.0. The van der Waals surface area contributed by atoms with Gasteiger partial charge in [0.1, 0.15) is 0 Å². The van der Waals surface area contributed by atoms with Crippen LogP contribution in [0, 0.1) is 11.8 Å². The number of hydrogen-bond acceptors (Lipinski definition) is 1. The Hall–Kier alpha value is -1.29. The fourth-order valence-electron chi connectivity index (χ4n) is 2.43. The van der Waals surface area contributed by atoms with E-state index in [1.54, 1.807) is 5.41 Å². The molecule has 0 amide bonds. The molecule has 2 rings (SSSR count). The van der Waals surface area contributed by atoms with Gasteiger partial charge in [0.15, 0.2) is 0 Å². The van der Waals surface area contributed by atoms with E-state index < -0.39 is 10.8 Å². The zero-order valence-electron chi connectivity index (χ0n) is 12.0. The summed E-state index contributed by atoms with van der Waals surface area (Å²) < 4.78 is 11.8. The van der Waals surface area contributed by atoms with E-state index in [0.29, 0.717) is 5.75 Å². The van der Waals surface area contributed by atoms with Crippen LogP contribution in [0.3, 0.4) is 0 Å². The molecule has 106 valence electrons. The van der Waals surface area contributed by atoms with Gasteiger partial charge in [-0.15, -0.1) is 5.73 Å². The molecule has 0 aliphatic heterocycles. The highest BCUT2D eigenvalue weighted by molar-refractivity contribution is 7.88. The van der Waals surface area contributed by atoms with E-state index in [1.165, 1.54) is 36.8 Å². The van der Waals surface area contributed by atoms with Crippen LogP contribution in [0.2, 0.25) is 0 Å². The quantitative estimate of drug-likeness (QED) is 0.555. The fraction of sp³-hybridized carbons (Fsp3) is 0.500. The Labute approximate surface area is 125 Å². The van der Waals surface area contributed by atoms with Gasteiger partial charge in [0.2, 0.25) is 0 Å². The predicted octanol–water partition coefficient (Wildman–Crippen LogP) is 4.41. The van der Waals surface area contributed by atoms with Crippen LogP contribution in [-0.2, 0) is 10.8 Å². The first-order chi connectivity index (χ1) is 9.84. The van der Waals surface area contributed by atoms with Crippen molar-refractivity contribution in [3.63, 3.8) is 0 Å². The Balaban J connectivity index is 1.80. The summed E-state index contributed by atoms with van der Waals surface area (Å²) in [4.78, 5) is 0. The van der Waals surface area contributed by atoms with Crippen LogP contribution in [-0.4, -0.2) is 9.96 Å². The summed E-state index contributed by atoms with van der Waals surface area (Å²) in [6.45, 7) is 0. The van der Waals surface area contributed by atoms with Gasteiger partial charge in [-0.1, -0.05) is 24.0 Å². The van der Waals surface area contributed by atoms with Gasteiger partial charge in [0.05, 0.1) is 16.6 Å². The van der Waals surface area contributed by atoms with Crippen molar-refractivity contribution in [3.8, 4) is 11.8 Å². The molecule has 1 atom stereocenters. The largest absolute Gasteiger partial charge is 0.253 e. The molecule has 0 saturated carbocycles. The van der Waals surface area contributed by atoms with E-state index in [4.69, 9.17) is 0 Å². The second-order valence-electron chi connectivity index (χ2n) is 5.26. The van der Waals surface area contributed by atoms with Crippen LogP contribution in [0.15, 0.2) is 40.5 Å².